The van der Waals surface area contributed by atoms with E-state index in [0.29, 0.717) is 23.3 Å². The highest BCUT2D eigenvalue weighted by Crippen LogP contribution is 2.17. The maximum Gasteiger partial charge on any atom is 0.303 e. The highest BCUT2D eigenvalue weighted by molar-refractivity contribution is 5.75. The number of nitrogens with one attached hydrogen (secondary N) is 1. The monoisotopic (exact) mass is 236 g/mol. The molecule has 0 saturated heterocycles. The lowest BCUT2D eigenvalue weighted by Gasteiger charge is -2.04. The summed E-state index contributed by atoms with van der Waals surface area (Å²) < 4.78 is 13.4. The molecular formula is C12H13FN2O2. The van der Waals surface area contributed by atoms with E-state index in [9.17, 15) is 9.18 Å². The SMILES string of the molecule is CC(CC(=O)O)Cc1nc2c(F)cccc2[nH]1. The van der Waals surface area contributed by atoms with Crippen LogP contribution in [0.1, 0.15) is 19.2 Å². The zero-order chi connectivity index (χ0) is 12.4. The van der Waals surface area contributed by atoms with Crippen LogP contribution in [-0.2, 0) is 11.2 Å². The number of halogens is 1. The van der Waals surface area contributed by atoms with Crippen LogP contribution < -0.4 is 0 Å². The molecule has 1 aromatic carbocycles. The Labute approximate surface area is 97.5 Å². The van der Waals surface area contributed by atoms with E-state index in [-0.39, 0.29) is 18.2 Å². The maximum absolute atomic E-state index is 13.4. The number of aliphatic carboxylic acids is 1. The molecule has 1 atom stereocenters. The molecule has 0 spiro atoms. The molecule has 0 bridgehead atoms. The molecule has 0 aliphatic rings. The number of H-pyrrole nitrogens is 1. The Morgan fingerprint density at radius 1 is 1.59 bits per heavy atom. The minimum atomic E-state index is -0.834. The molecule has 2 aromatic rings. The van der Waals surface area contributed by atoms with Crippen molar-refractivity contribution in [3.63, 3.8) is 0 Å². The van der Waals surface area contributed by atoms with Crippen molar-refractivity contribution in [3.05, 3.63) is 29.8 Å². The van der Waals surface area contributed by atoms with Crippen molar-refractivity contribution in [2.24, 2.45) is 5.92 Å². The number of imidazole rings is 1. The zero-order valence-electron chi connectivity index (χ0n) is 9.40. The Kier molecular flexibility index (Phi) is 3.08. The van der Waals surface area contributed by atoms with Gasteiger partial charge < -0.3 is 10.1 Å². The molecule has 1 heterocycles. The third kappa shape index (κ3) is 2.61. The fraction of sp³-hybridized carbons (Fsp3) is 0.333. The fourth-order valence-corrected chi connectivity index (χ4v) is 1.85. The van der Waals surface area contributed by atoms with Gasteiger partial charge >= 0.3 is 5.97 Å². The van der Waals surface area contributed by atoms with Crippen LogP contribution in [0.5, 0.6) is 0 Å². The van der Waals surface area contributed by atoms with Crippen molar-refractivity contribution in [3.8, 4) is 0 Å². The second kappa shape index (κ2) is 4.53. The van der Waals surface area contributed by atoms with Gasteiger partial charge in [-0.25, -0.2) is 9.37 Å². The average Bonchev–Trinajstić information content (AvgIpc) is 2.60. The summed E-state index contributed by atoms with van der Waals surface area (Å²) in [6.07, 6.45) is 0.583. The van der Waals surface area contributed by atoms with Crippen LogP contribution in [-0.4, -0.2) is 21.0 Å². The quantitative estimate of drug-likeness (QED) is 0.856. The summed E-state index contributed by atoms with van der Waals surface area (Å²) in [6.45, 7) is 1.83. The Hall–Kier alpha value is -1.91. The summed E-state index contributed by atoms with van der Waals surface area (Å²) in [5.41, 5.74) is 0.951. The van der Waals surface area contributed by atoms with Gasteiger partial charge in [0.25, 0.3) is 0 Å². The molecule has 1 unspecified atom stereocenters. The summed E-state index contributed by atoms with van der Waals surface area (Å²) in [5.74, 6) is -0.606. The van der Waals surface area contributed by atoms with E-state index >= 15 is 0 Å². The van der Waals surface area contributed by atoms with Crippen LogP contribution in [0, 0.1) is 11.7 Å². The summed E-state index contributed by atoms with van der Waals surface area (Å²) in [6, 6.07) is 4.71. The first-order valence-corrected chi connectivity index (χ1v) is 5.41. The molecule has 5 heteroatoms. The average molecular weight is 236 g/mol. The van der Waals surface area contributed by atoms with Crippen LogP contribution >= 0.6 is 0 Å². The van der Waals surface area contributed by atoms with Crippen molar-refractivity contribution < 1.29 is 14.3 Å². The number of para-hydroxylation sites is 1. The van der Waals surface area contributed by atoms with Gasteiger partial charge in [-0.05, 0) is 18.1 Å². The van der Waals surface area contributed by atoms with Crippen molar-refractivity contribution >= 4 is 17.0 Å². The van der Waals surface area contributed by atoms with E-state index in [2.05, 4.69) is 9.97 Å². The third-order valence-corrected chi connectivity index (χ3v) is 2.58. The van der Waals surface area contributed by atoms with E-state index in [1.165, 1.54) is 6.07 Å². The first-order chi connectivity index (χ1) is 8.06. The highest BCUT2D eigenvalue weighted by Gasteiger charge is 2.12. The van der Waals surface area contributed by atoms with Gasteiger partial charge in [-0.2, -0.15) is 0 Å². The van der Waals surface area contributed by atoms with Crippen molar-refractivity contribution in [2.45, 2.75) is 19.8 Å². The van der Waals surface area contributed by atoms with E-state index in [4.69, 9.17) is 5.11 Å². The van der Waals surface area contributed by atoms with Gasteiger partial charge in [-0.1, -0.05) is 13.0 Å². The zero-order valence-corrected chi connectivity index (χ0v) is 9.40. The highest BCUT2D eigenvalue weighted by atomic mass is 19.1. The molecule has 0 aliphatic heterocycles. The number of hydrogen-bond donors (Lipinski definition) is 2. The van der Waals surface area contributed by atoms with Gasteiger partial charge in [0, 0.05) is 12.8 Å². The predicted molar refractivity (Wildman–Crippen MR) is 61.2 cm³/mol. The molecular weight excluding hydrogens is 223 g/mol. The molecule has 2 N–H and O–H groups in total. The molecule has 0 radical (unpaired) electrons. The van der Waals surface area contributed by atoms with Crippen LogP contribution in [0.4, 0.5) is 4.39 Å². The minimum absolute atomic E-state index is 0.0314. The van der Waals surface area contributed by atoms with Crippen LogP contribution in [0.15, 0.2) is 18.2 Å². The van der Waals surface area contributed by atoms with E-state index < -0.39 is 5.97 Å². The molecule has 4 nitrogen and oxygen atoms in total. The number of carbonyl (C=O) groups is 1. The van der Waals surface area contributed by atoms with Crippen LogP contribution in [0.3, 0.4) is 0 Å². The Morgan fingerprint density at radius 2 is 2.35 bits per heavy atom. The van der Waals surface area contributed by atoms with E-state index in [0.717, 1.165) is 0 Å². The lowest BCUT2D eigenvalue weighted by atomic mass is 10.0. The Bertz CT molecular complexity index is 550. The molecule has 2 rings (SSSR count). The lowest BCUT2D eigenvalue weighted by molar-refractivity contribution is -0.137. The van der Waals surface area contributed by atoms with Gasteiger partial charge in [-0.3, -0.25) is 4.79 Å². The number of aromatic amines is 1. The van der Waals surface area contributed by atoms with Gasteiger partial charge in [0.15, 0.2) is 5.82 Å². The number of aromatic nitrogens is 2. The van der Waals surface area contributed by atoms with Crippen molar-refractivity contribution in [1.82, 2.24) is 9.97 Å². The van der Waals surface area contributed by atoms with Crippen LogP contribution in [0.2, 0.25) is 0 Å². The topological polar surface area (TPSA) is 66.0 Å². The maximum atomic E-state index is 13.4. The fourth-order valence-electron chi connectivity index (χ4n) is 1.85. The van der Waals surface area contributed by atoms with Gasteiger partial charge in [-0.15, -0.1) is 0 Å². The Balaban J connectivity index is 2.20. The molecule has 0 fully saturated rings. The number of fused-ring (bicyclic) bond motifs is 1. The van der Waals surface area contributed by atoms with Crippen LogP contribution in [0.25, 0.3) is 11.0 Å². The van der Waals surface area contributed by atoms with Gasteiger partial charge in [0.05, 0.1) is 5.52 Å². The van der Waals surface area contributed by atoms with E-state index in [1.807, 2.05) is 6.92 Å². The number of hydrogen-bond acceptors (Lipinski definition) is 2. The van der Waals surface area contributed by atoms with Gasteiger partial charge in [0.1, 0.15) is 11.3 Å². The minimum Gasteiger partial charge on any atom is -0.481 e. The number of carboxylic acids is 1. The number of benzene rings is 1. The first kappa shape index (κ1) is 11.6. The van der Waals surface area contributed by atoms with E-state index in [1.54, 1.807) is 12.1 Å². The molecule has 17 heavy (non-hydrogen) atoms. The second-order valence-electron chi connectivity index (χ2n) is 4.23. The Morgan fingerprint density at radius 3 is 3.00 bits per heavy atom. The largest absolute Gasteiger partial charge is 0.481 e. The van der Waals surface area contributed by atoms with Crippen molar-refractivity contribution in [1.29, 1.82) is 0 Å². The molecule has 90 valence electrons. The smallest absolute Gasteiger partial charge is 0.303 e. The first-order valence-electron chi connectivity index (χ1n) is 5.41. The number of rotatable bonds is 4. The number of nitrogens with zero attached hydrogens (tertiary/aromatic N) is 1. The third-order valence-electron chi connectivity index (χ3n) is 2.58. The van der Waals surface area contributed by atoms with Crippen molar-refractivity contribution in [2.75, 3.05) is 0 Å². The summed E-state index contributed by atoms with van der Waals surface area (Å²) >= 11 is 0. The molecule has 0 amide bonds. The summed E-state index contributed by atoms with van der Waals surface area (Å²) in [4.78, 5) is 17.7. The summed E-state index contributed by atoms with van der Waals surface area (Å²) in [7, 11) is 0. The molecule has 0 saturated carbocycles. The standard InChI is InChI=1S/C12H13FN2O2/c1-7(6-11(16)17)5-10-14-9-4-2-3-8(13)12(9)15-10/h2-4,7H,5-6H2,1H3,(H,14,15)(H,16,17). The molecule has 1 aromatic heterocycles. The molecule has 0 aliphatic carbocycles. The predicted octanol–water partition coefficient (Wildman–Crippen LogP) is 2.36. The lowest BCUT2D eigenvalue weighted by Crippen LogP contribution is -2.07. The second-order valence-corrected chi connectivity index (χ2v) is 4.23. The normalized spacial score (nSPS) is 12.8. The summed E-state index contributed by atoms with van der Waals surface area (Å²) in [5, 5.41) is 8.66. The van der Waals surface area contributed by atoms with Gasteiger partial charge in [0.2, 0.25) is 0 Å². The number of carboxylic acid groups (broad SMARTS) is 1.